The summed E-state index contributed by atoms with van der Waals surface area (Å²) in [5.74, 6) is 0.733. The number of thioether (sulfide) groups is 1. The predicted octanol–water partition coefficient (Wildman–Crippen LogP) is 2.99. The maximum absolute atomic E-state index is 13.4. The minimum absolute atomic E-state index is 0. The van der Waals surface area contributed by atoms with E-state index in [1.165, 1.54) is 6.07 Å². The summed E-state index contributed by atoms with van der Waals surface area (Å²) in [6, 6.07) is 4.82. The van der Waals surface area contributed by atoms with Gasteiger partial charge in [-0.05, 0) is 42.9 Å². The van der Waals surface area contributed by atoms with E-state index in [4.69, 9.17) is 0 Å². The van der Waals surface area contributed by atoms with Crippen LogP contribution in [0.4, 0.5) is 4.39 Å². The van der Waals surface area contributed by atoms with Gasteiger partial charge in [-0.15, -0.1) is 35.7 Å². The minimum Gasteiger partial charge on any atom is -0.393 e. The van der Waals surface area contributed by atoms with Crippen molar-refractivity contribution in [1.29, 1.82) is 0 Å². The molecule has 1 aromatic carbocycles. The van der Waals surface area contributed by atoms with E-state index in [-0.39, 0.29) is 41.8 Å². The second-order valence-electron chi connectivity index (χ2n) is 5.52. The molecule has 1 aliphatic carbocycles. The molecule has 130 valence electrons. The number of guanidine groups is 1. The van der Waals surface area contributed by atoms with Gasteiger partial charge in [0, 0.05) is 31.0 Å². The average Bonchev–Trinajstić information content (AvgIpc) is 2.93. The van der Waals surface area contributed by atoms with Crippen LogP contribution in [0.5, 0.6) is 0 Å². The Hall–Kier alpha value is -0.540. The van der Waals surface area contributed by atoms with E-state index in [1.54, 1.807) is 30.9 Å². The van der Waals surface area contributed by atoms with Gasteiger partial charge in [0.25, 0.3) is 0 Å². The lowest BCUT2D eigenvalue weighted by atomic mass is 10.1. The van der Waals surface area contributed by atoms with E-state index in [1.807, 2.05) is 6.26 Å². The molecular weight excluding hydrogens is 428 g/mol. The summed E-state index contributed by atoms with van der Waals surface area (Å²) >= 11 is 1.60. The lowest BCUT2D eigenvalue weighted by Crippen LogP contribution is -2.40. The third-order valence-corrected chi connectivity index (χ3v) is 4.90. The molecule has 0 spiro atoms. The van der Waals surface area contributed by atoms with Crippen molar-refractivity contribution >= 4 is 41.7 Å². The van der Waals surface area contributed by atoms with Crippen molar-refractivity contribution in [1.82, 2.24) is 10.6 Å². The van der Waals surface area contributed by atoms with E-state index in [2.05, 4.69) is 15.6 Å². The molecule has 7 heteroatoms. The molecule has 3 N–H and O–H groups in total. The van der Waals surface area contributed by atoms with Crippen LogP contribution in [0.1, 0.15) is 24.8 Å². The fraction of sp³-hybridized carbons (Fsp3) is 0.562. The van der Waals surface area contributed by atoms with Crippen molar-refractivity contribution in [2.24, 2.45) is 10.9 Å². The highest BCUT2D eigenvalue weighted by atomic mass is 127. The van der Waals surface area contributed by atoms with Gasteiger partial charge in [0.15, 0.2) is 5.96 Å². The highest BCUT2D eigenvalue weighted by molar-refractivity contribution is 14.0. The summed E-state index contributed by atoms with van der Waals surface area (Å²) in [4.78, 5) is 5.23. The van der Waals surface area contributed by atoms with Crippen LogP contribution >= 0.6 is 35.7 Å². The number of halogens is 2. The Balaban J connectivity index is 0.00000264. The molecule has 1 aliphatic rings. The molecule has 0 radical (unpaired) electrons. The number of hydrogen-bond acceptors (Lipinski definition) is 3. The molecule has 1 saturated carbocycles. The zero-order valence-electron chi connectivity index (χ0n) is 13.5. The van der Waals surface area contributed by atoms with E-state index in [0.29, 0.717) is 19.0 Å². The summed E-state index contributed by atoms with van der Waals surface area (Å²) in [5.41, 5.74) is 0.913. The van der Waals surface area contributed by atoms with E-state index >= 15 is 0 Å². The van der Waals surface area contributed by atoms with Gasteiger partial charge >= 0.3 is 0 Å². The molecule has 2 rings (SSSR count). The molecule has 0 bridgehead atoms. The van der Waals surface area contributed by atoms with Crippen LogP contribution < -0.4 is 10.6 Å². The number of rotatable bonds is 5. The Kier molecular flexibility index (Phi) is 9.23. The van der Waals surface area contributed by atoms with Gasteiger partial charge in [-0.3, -0.25) is 4.99 Å². The molecule has 0 aromatic heterocycles. The normalized spacial score (nSPS) is 21.0. The van der Waals surface area contributed by atoms with Gasteiger partial charge in [0.05, 0.1) is 6.10 Å². The van der Waals surface area contributed by atoms with Crippen molar-refractivity contribution in [3.05, 3.63) is 29.6 Å². The monoisotopic (exact) mass is 453 g/mol. The first kappa shape index (κ1) is 20.5. The summed E-state index contributed by atoms with van der Waals surface area (Å²) in [6.45, 7) is 1.22. The summed E-state index contributed by atoms with van der Waals surface area (Å²) in [5, 5.41) is 16.3. The summed E-state index contributed by atoms with van der Waals surface area (Å²) in [7, 11) is 1.71. The lowest BCUT2D eigenvalue weighted by Gasteiger charge is -2.18. The second-order valence-corrected chi connectivity index (χ2v) is 6.37. The van der Waals surface area contributed by atoms with Gasteiger partial charge in [0.2, 0.25) is 0 Å². The predicted molar refractivity (Wildman–Crippen MR) is 105 cm³/mol. The first-order valence-corrected chi connectivity index (χ1v) is 8.81. The molecule has 2 atom stereocenters. The van der Waals surface area contributed by atoms with Crippen LogP contribution in [0, 0.1) is 11.7 Å². The highest BCUT2D eigenvalue weighted by Gasteiger charge is 2.24. The zero-order chi connectivity index (χ0) is 15.9. The molecule has 2 unspecified atom stereocenters. The second kappa shape index (κ2) is 10.4. The molecule has 0 aliphatic heterocycles. The highest BCUT2D eigenvalue weighted by Crippen LogP contribution is 2.24. The van der Waals surface area contributed by atoms with Gasteiger partial charge in [-0.25, -0.2) is 4.39 Å². The SMILES string of the molecule is CN=C(NCc1cc(F)ccc1SC)NCC1CCCC1O.I. The van der Waals surface area contributed by atoms with E-state index < -0.39 is 0 Å². The van der Waals surface area contributed by atoms with Crippen molar-refractivity contribution in [2.75, 3.05) is 19.8 Å². The topological polar surface area (TPSA) is 56.7 Å². The van der Waals surface area contributed by atoms with Crippen molar-refractivity contribution < 1.29 is 9.50 Å². The third kappa shape index (κ3) is 6.11. The first-order valence-electron chi connectivity index (χ1n) is 7.59. The number of nitrogens with zero attached hydrogens (tertiary/aromatic N) is 1. The number of benzene rings is 1. The molecule has 4 nitrogen and oxygen atoms in total. The largest absolute Gasteiger partial charge is 0.393 e. The number of aliphatic imine (C=N–C) groups is 1. The zero-order valence-corrected chi connectivity index (χ0v) is 16.7. The van der Waals surface area contributed by atoms with Crippen LogP contribution in [-0.4, -0.2) is 37.0 Å². The standard InChI is InChI=1S/C16H24FN3OS.HI/c1-18-16(19-9-11-4-3-5-14(11)21)20-10-12-8-13(17)6-7-15(12)22-2;/h6-8,11,14,21H,3-5,9-10H2,1-2H3,(H2,18,19,20);1H. The molecular formula is C16H25FIN3OS. The molecule has 0 heterocycles. The maximum atomic E-state index is 13.4. The van der Waals surface area contributed by atoms with Gasteiger partial charge < -0.3 is 15.7 Å². The first-order chi connectivity index (χ1) is 10.6. The van der Waals surface area contributed by atoms with Crippen LogP contribution in [0.15, 0.2) is 28.1 Å². The average molecular weight is 453 g/mol. The Morgan fingerprint density at radius 2 is 2.17 bits per heavy atom. The quantitative estimate of drug-likeness (QED) is 0.278. The molecule has 0 amide bonds. The third-order valence-electron chi connectivity index (χ3n) is 4.06. The minimum atomic E-state index is -0.230. The Labute approximate surface area is 158 Å². The number of hydrogen-bond donors (Lipinski definition) is 3. The van der Waals surface area contributed by atoms with Crippen LogP contribution in [0.3, 0.4) is 0 Å². The number of aliphatic hydroxyl groups excluding tert-OH is 1. The van der Waals surface area contributed by atoms with Crippen molar-refractivity contribution in [3.63, 3.8) is 0 Å². The molecule has 1 aromatic rings. The van der Waals surface area contributed by atoms with Crippen LogP contribution in [0.2, 0.25) is 0 Å². The number of aliphatic hydroxyl groups is 1. The fourth-order valence-corrected chi connectivity index (χ4v) is 3.37. The lowest BCUT2D eigenvalue weighted by molar-refractivity contribution is 0.134. The molecule has 1 fully saturated rings. The fourth-order valence-electron chi connectivity index (χ4n) is 2.77. The van der Waals surface area contributed by atoms with Gasteiger partial charge in [-0.1, -0.05) is 6.42 Å². The molecule has 0 saturated heterocycles. The van der Waals surface area contributed by atoms with Crippen LogP contribution in [0.25, 0.3) is 0 Å². The van der Waals surface area contributed by atoms with E-state index in [9.17, 15) is 9.50 Å². The summed E-state index contributed by atoms with van der Waals surface area (Å²) < 4.78 is 13.4. The number of nitrogens with one attached hydrogen (secondary N) is 2. The Morgan fingerprint density at radius 1 is 1.39 bits per heavy atom. The maximum Gasteiger partial charge on any atom is 0.191 e. The smallest absolute Gasteiger partial charge is 0.191 e. The van der Waals surface area contributed by atoms with Crippen molar-refractivity contribution in [3.8, 4) is 0 Å². The summed E-state index contributed by atoms with van der Waals surface area (Å²) in [6.07, 6.45) is 4.78. The van der Waals surface area contributed by atoms with Gasteiger partial charge in [0.1, 0.15) is 5.82 Å². The van der Waals surface area contributed by atoms with Crippen LogP contribution in [-0.2, 0) is 6.54 Å². The molecule has 23 heavy (non-hydrogen) atoms. The Bertz CT molecular complexity index is 530. The van der Waals surface area contributed by atoms with Gasteiger partial charge in [-0.2, -0.15) is 0 Å². The van der Waals surface area contributed by atoms with E-state index in [0.717, 1.165) is 29.7 Å². The Morgan fingerprint density at radius 3 is 2.78 bits per heavy atom. The van der Waals surface area contributed by atoms with Crippen molar-refractivity contribution in [2.45, 2.75) is 36.8 Å².